The van der Waals surface area contributed by atoms with Gasteiger partial charge in [-0.25, -0.2) is 4.98 Å². The number of carbonyl (C=O) groups excluding carboxylic acids is 1. The van der Waals surface area contributed by atoms with Crippen molar-refractivity contribution in [3.05, 3.63) is 69.1 Å². The maximum atomic E-state index is 12.5. The number of ether oxygens (including phenoxy) is 1. The first-order chi connectivity index (χ1) is 14.5. The number of methoxy groups -OCH3 is 1. The van der Waals surface area contributed by atoms with Gasteiger partial charge in [0.1, 0.15) is 11.4 Å². The zero-order chi connectivity index (χ0) is 21.1. The van der Waals surface area contributed by atoms with Gasteiger partial charge in [-0.1, -0.05) is 46.8 Å². The molecule has 0 aliphatic carbocycles. The van der Waals surface area contributed by atoms with Crippen LogP contribution >= 0.6 is 34.7 Å². The van der Waals surface area contributed by atoms with Gasteiger partial charge in [0.05, 0.1) is 23.7 Å². The third kappa shape index (κ3) is 4.45. The van der Waals surface area contributed by atoms with Crippen molar-refractivity contribution < 1.29 is 9.53 Å². The van der Waals surface area contributed by atoms with Gasteiger partial charge in [-0.05, 0) is 30.3 Å². The standard InChI is InChI=1S/C19H14ClN5O3S2/c1-28-15-8-10(20)6-7-11(15)16(26)23-18-24-25-19(30-18)29-9-14-17(27)22-13-5-3-2-4-12(13)21-14/h2-8H,9H2,1H3,(H,22,27)(H,23,24,26). The molecule has 2 aromatic carbocycles. The van der Waals surface area contributed by atoms with Gasteiger partial charge in [-0.15, -0.1) is 10.2 Å². The lowest BCUT2D eigenvalue weighted by atomic mass is 10.2. The molecule has 0 unspecified atom stereocenters. The number of anilines is 1. The summed E-state index contributed by atoms with van der Waals surface area (Å²) in [5.41, 5.74) is 1.89. The van der Waals surface area contributed by atoms with Crippen LogP contribution in [0.2, 0.25) is 5.02 Å². The van der Waals surface area contributed by atoms with Crippen molar-refractivity contribution >= 4 is 56.8 Å². The zero-order valence-electron chi connectivity index (χ0n) is 15.5. The minimum Gasteiger partial charge on any atom is -0.496 e. The molecular formula is C19H14ClN5O3S2. The van der Waals surface area contributed by atoms with E-state index in [2.05, 4.69) is 25.5 Å². The molecule has 8 nitrogen and oxygen atoms in total. The first-order valence-electron chi connectivity index (χ1n) is 8.62. The largest absolute Gasteiger partial charge is 0.496 e. The molecule has 0 atom stereocenters. The summed E-state index contributed by atoms with van der Waals surface area (Å²) >= 11 is 8.45. The molecule has 0 aliphatic heterocycles. The van der Waals surface area contributed by atoms with Crippen LogP contribution < -0.4 is 15.6 Å². The van der Waals surface area contributed by atoms with Crippen LogP contribution in [0.5, 0.6) is 5.75 Å². The molecule has 30 heavy (non-hydrogen) atoms. The summed E-state index contributed by atoms with van der Waals surface area (Å²) in [6, 6.07) is 12.1. The maximum absolute atomic E-state index is 12.5. The Kier molecular flexibility index (Phi) is 5.98. The summed E-state index contributed by atoms with van der Waals surface area (Å²) in [6.07, 6.45) is 0. The fourth-order valence-corrected chi connectivity index (χ4v) is 4.47. The number of aromatic amines is 1. The van der Waals surface area contributed by atoms with Crippen LogP contribution in [0.1, 0.15) is 16.1 Å². The van der Waals surface area contributed by atoms with Crippen molar-refractivity contribution in [3.8, 4) is 5.75 Å². The monoisotopic (exact) mass is 459 g/mol. The van der Waals surface area contributed by atoms with Gasteiger partial charge in [0.25, 0.3) is 11.5 Å². The molecule has 0 radical (unpaired) electrons. The van der Waals surface area contributed by atoms with Gasteiger partial charge in [0.15, 0.2) is 4.34 Å². The Morgan fingerprint density at radius 1 is 1.27 bits per heavy atom. The number of aromatic nitrogens is 4. The number of fused-ring (bicyclic) bond motifs is 1. The second-order valence-corrected chi connectivity index (χ2v) is 8.63. The minimum absolute atomic E-state index is 0.242. The second-order valence-electron chi connectivity index (χ2n) is 5.99. The first kappa shape index (κ1) is 20.3. The zero-order valence-corrected chi connectivity index (χ0v) is 17.9. The van der Waals surface area contributed by atoms with Gasteiger partial charge in [0, 0.05) is 10.8 Å². The van der Waals surface area contributed by atoms with Gasteiger partial charge in [-0.3, -0.25) is 14.9 Å². The average Bonchev–Trinajstić information content (AvgIpc) is 3.19. The lowest BCUT2D eigenvalue weighted by Crippen LogP contribution is -2.14. The Morgan fingerprint density at radius 2 is 2.10 bits per heavy atom. The first-order valence-corrected chi connectivity index (χ1v) is 10.8. The highest BCUT2D eigenvalue weighted by Crippen LogP contribution is 2.29. The van der Waals surface area contributed by atoms with Crippen molar-refractivity contribution in [2.45, 2.75) is 10.1 Å². The molecule has 2 N–H and O–H groups in total. The second kappa shape index (κ2) is 8.82. The summed E-state index contributed by atoms with van der Waals surface area (Å²) in [5, 5.41) is 11.5. The SMILES string of the molecule is COc1cc(Cl)ccc1C(=O)Nc1nnc(SCc2nc3ccccc3[nH]c2=O)s1. The molecule has 4 rings (SSSR count). The number of benzene rings is 2. The van der Waals surface area contributed by atoms with Crippen molar-refractivity contribution in [2.75, 3.05) is 12.4 Å². The van der Waals surface area contributed by atoms with Crippen LogP contribution in [0.4, 0.5) is 5.13 Å². The third-order valence-electron chi connectivity index (χ3n) is 4.04. The van der Waals surface area contributed by atoms with Crippen LogP contribution in [-0.4, -0.2) is 33.2 Å². The van der Waals surface area contributed by atoms with Crippen LogP contribution in [-0.2, 0) is 5.75 Å². The van der Waals surface area contributed by atoms with E-state index in [1.807, 2.05) is 18.2 Å². The summed E-state index contributed by atoms with van der Waals surface area (Å²) in [6.45, 7) is 0. The van der Waals surface area contributed by atoms with E-state index < -0.39 is 0 Å². The molecule has 0 saturated heterocycles. The molecule has 4 aromatic rings. The van der Waals surface area contributed by atoms with E-state index in [9.17, 15) is 9.59 Å². The highest BCUT2D eigenvalue weighted by atomic mass is 35.5. The Balaban J connectivity index is 1.44. The summed E-state index contributed by atoms with van der Waals surface area (Å²) in [7, 11) is 1.46. The Morgan fingerprint density at radius 3 is 2.93 bits per heavy atom. The van der Waals surface area contributed by atoms with Gasteiger partial charge >= 0.3 is 0 Å². The van der Waals surface area contributed by atoms with E-state index >= 15 is 0 Å². The average molecular weight is 460 g/mol. The van der Waals surface area contributed by atoms with E-state index in [1.54, 1.807) is 24.3 Å². The predicted molar refractivity (Wildman–Crippen MR) is 118 cm³/mol. The van der Waals surface area contributed by atoms with Crippen molar-refractivity contribution in [2.24, 2.45) is 0 Å². The number of para-hydroxylation sites is 2. The number of thioether (sulfide) groups is 1. The van der Waals surface area contributed by atoms with E-state index in [4.69, 9.17) is 16.3 Å². The molecule has 0 fully saturated rings. The van der Waals surface area contributed by atoms with Crippen LogP contribution in [0, 0.1) is 0 Å². The maximum Gasteiger partial charge on any atom is 0.271 e. The Labute approximate surface area is 183 Å². The molecule has 152 valence electrons. The van der Waals surface area contributed by atoms with Gasteiger partial charge in [-0.2, -0.15) is 0 Å². The molecule has 2 aromatic heterocycles. The molecule has 0 saturated carbocycles. The van der Waals surface area contributed by atoms with Crippen molar-refractivity contribution in [3.63, 3.8) is 0 Å². The Hall–Kier alpha value is -2.95. The van der Waals surface area contributed by atoms with Gasteiger partial charge < -0.3 is 9.72 Å². The number of amides is 1. The molecular weight excluding hydrogens is 446 g/mol. The Bertz CT molecular complexity index is 1290. The number of H-pyrrole nitrogens is 1. The quantitative estimate of drug-likeness (QED) is 0.331. The van der Waals surface area contributed by atoms with Crippen molar-refractivity contribution in [1.82, 2.24) is 20.2 Å². The minimum atomic E-state index is -0.385. The van der Waals surface area contributed by atoms with E-state index in [1.165, 1.54) is 30.2 Å². The molecule has 0 aliphatic rings. The fraction of sp³-hybridized carbons (Fsp3) is 0.105. The summed E-state index contributed by atoms with van der Waals surface area (Å²) in [5.74, 6) is 0.304. The summed E-state index contributed by atoms with van der Waals surface area (Å²) < 4.78 is 5.80. The van der Waals surface area contributed by atoms with E-state index in [0.29, 0.717) is 42.8 Å². The molecule has 0 spiro atoms. The topological polar surface area (TPSA) is 110 Å². The smallest absolute Gasteiger partial charge is 0.271 e. The molecule has 11 heteroatoms. The van der Waals surface area contributed by atoms with Crippen molar-refractivity contribution in [1.29, 1.82) is 0 Å². The lowest BCUT2D eigenvalue weighted by Gasteiger charge is -2.07. The summed E-state index contributed by atoms with van der Waals surface area (Å²) in [4.78, 5) is 31.9. The van der Waals surface area contributed by atoms with Crippen LogP contribution in [0.3, 0.4) is 0 Å². The fourth-order valence-electron chi connectivity index (χ4n) is 2.63. The normalized spacial score (nSPS) is 10.9. The number of rotatable bonds is 6. The van der Waals surface area contributed by atoms with E-state index in [0.717, 1.165) is 5.52 Å². The highest BCUT2D eigenvalue weighted by molar-refractivity contribution is 8.00. The van der Waals surface area contributed by atoms with Gasteiger partial charge in [0.2, 0.25) is 5.13 Å². The number of carbonyl (C=O) groups is 1. The molecule has 1 amide bonds. The highest BCUT2D eigenvalue weighted by Gasteiger charge is 2.16. The number of halogens is 1. The van der Waals surface area contributed by atoms with Crippen LogP contribution in [0.15, 0.2) is 51.6 Å². The van der Waals surface area contributed by atoms with Crippen LogP contribution in [0.25, 0.3) is 11.0 Å². The number of hydrogen-bond acceptors (Lipinski definition) is 8. The number of nitrogens with zero attached hydrogens (tertiary/aromatic N) is 3. The molecule has 2 heterocycles. The predicted octanol–water partition coefficient (Wildman–Crippen LogP) is 3.98. The third-order valence-corrected chi connectivity index (χ3v) is 6.26. The number of hydrogen-bond donors (Lipinski definition) is 2. The lowest BCUT2D eigenvalue weighted by molar-refractivity contribution is 0.102. The number of nitrogens with one attached hydrogen (secondary N) is 2. The van der Waals surface area contributed by atoms with E-state index in [-0.39, 0.29) is 11.5 Å². The molecule has 0 bridgehead atoms.